The average molecular weight is 320 g/mol. The zero-order valence-corrected chi connectivity index (χ0v) is 14.3. The fourth-order valence-electron chi connectivity index (χ4n) is 3.72. The first-order chi connectivity index (χ1) is 11.2. The van der Waals surface area contributed by atoms with Gasteiger partial charge >= 0.3 is 0 Å². The Balaban J connectivity index is 1.64. The first kappa shape index (κ1) is 16.5. The van der Waals surface area contributed by atoms with Crippen LogP contribution in [0.25, 0.3) is 0 Å². The molecule has 0 aromatic carbocycles. The van der Waals surface area contributed by atoms with Gasteiger partial charge in [0.15, 0.2) is 0 Å². The number of nitrogens with zero attached hydrogens (tertiary/aromatic N) is 4. The van der Waals surface area contributed by atoms with Crippen LogP contribution in [0.4, 0.5) is 0 Å². The van der Waals surface area contributed by atoms with Crippen LogP contribution in [0, 0.1) is 0 Å². The van der Waals surface area contributed by atoms with E-state index >= 15 is 0 Å². The molecule has 0 unspecified atom stereocenters. The Labute approximate surface area is 138 Å². The molecule has 0 saturated carbocycles. The van der Waals surface area contributed by atoms with Gasteiger partial charge in [0.2, 0.25) is 5.91 Å². The number of carbonyl (C=O) groups excluding carboxylic acids is 1. The second-order valence-electron chi connectivity index (χ2n) is 6.51. The lowest BCUT2D eigenvalue weighted by molar-refractivity contribution is -0.139. The van der Waals surface area contributed by atoms with Gasteiger partial charge in [-0.05, 0) is 19.8 Å². The lowest BCUT2D eigenvalue weighted by Crippen LogP contribution is -2.53. The Bertz CT molecular complexity index is 524. The molecule has 0 bridgehead atoms. The van der Waals surface area contributed by atoms with Crippen molar-refractivity contribution in [3.8, 4) is 0 Å². The third-order valence-corrected chi connectivity index (χ3v) is 5.12. The van der Waals surface area contributed by atoms with Gasteiger partial charge < -0.3 is 14.2 Å². The van der Waals surface area contributed by atoms with Gasteiger partial charge in [0.1, 0.15) is 5.82 Å². The third kappa shape index (κ3) is 3.58. The molecule has 3 heterocycles. The van der Waals surface area contributed by atoms with Crippen molar-refractivity contribution in [2.24, 2.45) is 0 Å². The van der Waals surface area contributed by atoms with Gasteiger partial charge in [-0.15, -0.1) is 0 Å². The van der Waals surface area contributed by atoms with Crippen molar-refractivity contribution in [2.75, 3.05) is 39.4 Å². The molecule has 0 aliphatic carbocycles. The van der Waals surface area contributed by atoms with Crippen molar-refractivity contribution in [1.29, 1.82) is 0 Å². The molecule has 23 heavy (non-hydrogen) atoms. The molecule has 2 aliphatic heterocycles. The topological polar surface area (TPSA) is 50.6 Å². The maximum Gasteiger partial charge on any atom is 0.239 e. The van der Waals surface area contributed by atoms with Gasteiger partial charge in [0.05, 0.1) is 25.3 Å². The van der Waals surface area contributed by atoms with E-state index in [0.717, 1.165) is 64.5 Å². The molecule has 0 radical (unpaired) electrons. The van der Waals surface area contributed by atoms with Gasteiger partial charge in [0, 0.05) is 45.0 Å². The largest absolute Gasteiger partial charge is 0.379 e. The van der Waals surface area contributed by atoms with Crippen LogP contribution in [0.1, 0.15) is 38.6 Å². The minimum absolute atomic E-state index is 0.0499. The first-order valence-electron chi connectivity index (χ1n) is 8.83. The van der Waals surface area contributed by atoms with Crippen molar-refractivity contribution in [1.82, 2.24) is 19.4 Å². The molecule has 6 nitrogen and oxygen atoms in total. The summed E-state index contributed by atoms with van der Waals surface area (Å²) in [4.78, 5) is 21.6. The Morgan fingerprint density at radius 2 is 2.17 bits per heavy atom. The smallest absolute Gasteiger partial charge is 0.239 e. The van der Waals surface area contributed by atoms with Crippen LogP contribution in [0.5, 0.6) is 0 Å². The highest BCUT2D eigenvalue weighted by Crippen LogP contribution is 2.24. The maximum atomic E-state index is 12.9. The van der Waals surface area contributed by atoms with E-state index in [9.17, 15) is 4.79 Å². The van der Waals surface area contributed by atoms with Gasteiger partial charge in [-0.2, -0.15) is 0 Å². The molecule has 2 aliphatic rings. The number of aromatic nitrogens is 2. The summed E-state index contributed by atoms with van der Waals surface area (Å²) in [6.07, 6.45) is 7.05. The average Bonchev–Trinajstić information content (AvgIpc) is 3.10. The van der Waals surface area contributed by atoms with E-state index in [0.29, 0.717) is 6.04 Å². The van der Waals surface area contributed by atoms with E-state index in [4.69, 9.17) is 4.74 Å². The Kier molecular flexibility index (Phi) is 5.33. The molecule has 0 spiro atoms. The summed E-state index contributed by atoms with van der Waals surface area (Å²) in [6.45, 7) is 9.01. The number of hydrogen-bond donors (Lipinski definition) is 0. The van der Waals surface area contributed by atoms with Crippen LogP contribution >= 0.6 is 0 Å². The lowest BCUT2D eigenvalue weighted by Gasteiger charge is -2.38. The summed E-state index contributed by atoms with van der Waals surface area (Å²) in [6, 6.07) is 0.313. The summed E-state index contributed by atoms with van der Waals surface area (Å²) in [5, 5.41) is 0. The summed E-state index contributed by atoms with van der Waals surface area (Å²) in [5.41, 5.74) is 0. The van der Waals surface area contributed by atoms with Crippen LogP contribution in [0.2, 0.25) is 0 Å². The minimum atomic E-state index is -0.0499. The molecule has 1 aromatic rings. The molecule has 1 amide bonds. The number of likely N-dealkylation sites (tertiary alicyclic amines) is 1. The van der Waals surface area contributed by atoms with Crippen LogP contribution in [0.3, 0.4) is 0 Å². The molecule has 1 aromatic heterocycles. The summed E-state index contributed by atoms with van der Waals surface area (Å²) in [5.74, 6) is 1.38. The second-order valence-corrected chi connectivity index (χ2v) is 6.51. The van der Waals surface area contributed by atoms with E-state index in [-0.39, 0.29) is 11.9 Å². The van der Waals surface area contributed by atoms with E-state index < -0.39 is 0 Å². The molecule has 128 valence electrons. The van der Waals surface area contributed by atoms with E-state index in [1.165, 1.54) is 0 Å². The number of rotatable bonds is 4. The fourth-order valence-corrected chi connectivity index (χ4v) is 3.72. The number of hydrogen-bond acceptors (Lipinski definition) is 4. The van der Waals surface area contributed by atoms with Crippen molar-refractivity contribution < 1.29 is 9.53 Å². The van der Waals surface area contributed by atoms with Gasteiger partial charge in [-0.3, -0.25) is 9.69 Å². The van der Waals surface area contributed by atoms with Crippen LogP contribution in [-0.4, -0.2) is 70.7 Å². The number of amides is 1. The van der Waals surface area contributed by atoms with Crippen LogP contribution < -0.4 is 0 Å². The zero-order chi connectivity index (χ0) is 16.2. The third-order valence-electron chi connectivity index (χ3n) is 5.12. The number of aryl methyl sites for hydroxylation is 1. The molecular formula is C17H28N4O2. The molecule has 0 N–H and O–H groups in total. The number of ether oxygens (including phenoxy) is 1. The van der Waals surface area contributed by atoms with Crippen molar-refractivity contribution >= 4 is 5.91 Å². The molecule has 2 saturated heterocycles. The fraction of sp³-hybridized carbons (Fsp3) is 0.765. The SMILES string of the molecule is CCc1nccn1[C@@H]1CCCN(C(=O)[C@H](C)N2CCOCC2)C1. The zero-order valence-electron chi connectivity index (χ0n) is 14.3. The number of piperidine rings is 1. The quantitative estimate of drug-likeness (QED) is 0.840. The maximum absolute atomic E-state index is 12.9. The molecule has 2 atom stereocenters. The predicted molar refractivity (Wildman–Crippen MR) is 88.3 cm³/mol. The molecule has 6 heteroatoms. The van der Waals surface area contributed by atoms with E-state index in [2.05, 4.69) is 27.6 Å². The molecule has 2 fully saturated rings. The van der Waals surface area contributed by atoms with Crippen molar-refractivity contribution in [3.05, 3.63) is 18.2 Å². The second kappa shape index (κ2) is 7.45. The summed E-state index contributed by atoms with van der Waals surface area (Å²) < 4.78 is 7.65. The molecule has 3 rings (SSSR count). The summed E-state index contributed by atoms with van der Waals surface area (Å²) >= 11 is 0. The summed E-state index contributed by atoms with van der Waals surface area (Å²) in [7, 11) is 0. The van der Waals surface area contributed by atoms with Crippen LogP contribution in [-0.2, 0) is 16.0 Å². The standard InChI is InChI=1S/C17H28N4O2/c1-3-16-18-6-8-21(16)15-5-4-7-20(13-15)17(22)14(2)19-9-11-23-12-10-19/h6,8,14-15H,3-5,7,9-13H2,1-2H3/t14-,15+/m0/s1. The minimum Gasteiger partial charge on any atom is -0.379 e. The van der Waals surface area contributed by atoms with Gasteiger partial charge in [0.25, 0.3) is 0 Å². The highest BCUT2D eigenvalue weighted by atomic mass is 16.5. The number of carbonyl (C=O) groups is 1. The van der Waals surface area contributed by atoms with Crippen molar-refractivity contribution in [3.63, 3.8) is 0 Å². The highest BCUT2D eigenvalue weighted by molar-refractivity contribution is 5.81. The Morgan fingerprint density at radius 1 is 1.39 bits per heavy atom. The van der Waals surface area contributed by atoms with Crippen molar-refractivity contribution in [2.45, 2.75) is 45.2 Å². The van der Waals surface area contributed by atoms with Crippen LogP contribution in [0.15, 0.2) is 12.4 Å². The highest BCUT2D eigenvalue weighted by Gasteiger charge is 2.31. The Morgan fingerprint density at radius 3 is 2.91 bits per heavy atom. The number of imidazole rings is 1. The van der Waals surface area contributed by atoms with E-state index in [1.807, 2.05) is 18.0 Å². The van der Waals surface area contributed by atoms with Gasteiger partial charge in [-0.25, -0.2) is 4.98 Å². The lowest BCUT2D eigenvalue weighted by atomic mass is 10.0. The monoisotopic (exact) mass is 320 g/mol. The molecular weight excluding hydrogens is 292 g/mol. The van der Waals surface area contributed by atoms with E-state index in [1.54, 1.807) is 0 Å². The normalized spacial score (nSPS) is 24.6. The Hall–Kier alpha value is -1.40. The predicted octanol–water partition coefficient (Wildman–Crippen LogP) is 1.33. The number of morpholine rings is 1. The van der Waals surface area contributed by atoms with Gasteiger partial charge in [-0.1, -0.05) is 6.92 Å². The first-order valence-corrected chi connectivity index (χ1v) is 8.83.